The Kier molecular flexibility index (Phi) is 6.05. The lowest BCUT2D eigenvalue weighted by Crippen LogP contribution is -2.09. The largest absolute Gasteiger partial charge is 0.310 e. The van der Waals surface area contributed by atoms with E-state index in [0.717, 1.165) is 17.1 Å². The first-order valence-electron chi connectivity index (χ1n) is 14.3. The summed E-state index contributed by atoms with van der Waals surface area (Å²) in [6.45, 7) is 0. The Labute approximate surface area is 249 Å². The van der Waals surface area contributed by atoms with Crippen LogP contribution in [-0.4, -0.2) is 0 Å². The fourth-order valence-electron chi connectivity index (χ4n) is 6.05. The molecule has 8 rings (SSSR count). The molecule has 7 aromatic carbocycles. The van der Waals surface area contributed by atoms with E-state index in [1.165, 1.54) is 53.2 Å². The van der Waals surface area contributed by atoms with Crippen LogP contribution in [0.3, 0.4) is 0 Å². The van der Waals surface area contributed by atoms with Gasteiger partial charge in [0.1, 0.15) is 0 Å². The summed E-state index contributed by atoms with van der Waals surface area (Å²) >= 11 is 1.86. The van der Waals surface area contributed by atoms with Gasteiger partial charge in [0.2, 0.25) is 0 Å². The number of nitrogens with zero attached hydrogens (tertiary/aromatic N) is 1. The minimum absolute atomic E-state index is 1.13. The predicted octanol–water partition coefficient (Wildman–Crippen LogP) is 12.0. The second-order valence-corrected chi connectivity index (χ2v) is 11.7. The van der Waals surface area contributed by atoms with Gasteiger partial charge >= 0.3 is 0 Å². The van der Waals surface area contributed by atoms with Crippen molar-refractivity contribution in [3.63, 3.8) is 0 Å². The van der Waals surface area contributed by atoms with E-state index in [1.54, 1.807) is 0 Å². The van der Waals surface area contributed by atoms with Gasteiger partial charge in [-0.25, -0.2) is 0 Å². The van der Waals surface area contributed by atoms with Crippen molar-refractivity contribution in [1.82, 2.24) is 0 Å². The minimum Gasteiger partial charge on any atom is -0.310 e. The highest BCUT2D eigenvalue weighted by molar-refractivity contribution is 7.25. The Bertz CT molecular complexity index is 2200. The van der Waals surface area contributed by atoms with E-state index in [2.05, 4.69) is 169 Å². The molecule has 0 spiro atoms. The molecule has 2 heteroatoms. The summed E-state index contributed by atoms with van der Waals surface area (Å²) in [4.78, 5) is 2.36. The smallest absolute Gasteiger partial charge is 0.0476 e. The molecule has 0 fully saturated rings. The van der Waals surface area contributed by atoms with Crippen LogP contribution in [-0.2, 0) is 0 Å². The Balaban J connectivity index is 1.24. The van der Waals surface area contributed by atoms with Crippen LogP contribution in [0.4, 0.5) is 17.1 Å². The maximum Gasteiger partial charge on any atom is 0.0476 e. The van der Waals surface area contributed by atoms with Crippen molar-refractivity contribution < 1.29 is 0 Å². The van der Waals surface area contributed by atoms with E-state index in [0.29, 0.717) is 0 Å². The number of hydrogen-bond donors (Lipinski definition) is 0. The molecule has 1 heterocycles. The highest BCUT2D eigenvalue weighted by atomic mass is 32.1. The SMILES string of the molecule is c1ccc(N(c2cccc(-c3cccc(-c4cccc5ccccc45)c3)c2)c2ccc3c(c2)sc2ccccc23)cc1. The Morgan fingerprint density at radius 3 is 1.88 bits per heavy atom. The van der Waals surface area contributed by atoms with Crippen LogP contribution in [0.2, 0.25) is 0 Å². The van der Waals surface area contributed by atoms with Gasteiger partial charge in [-0.1, -0.05) is 115 Å². The Morgan fingerprint density at radius 2 is 0.976 bits per heavy atom. The average molecular weight is 554 g/mol. The number of hydrogen-bond acceptors (Lipinski definition) is 2. The lowest BCUT2D eigenvalue weighted by molar-refractivity contribution is 1.29. The van der Waals surface area contributed by atoms with Gasteiger partial charge in [-0.15, -0.1) is 11.3 Å². The molecule has 0 aliphatic rings. The second kappa shape index (κ2) is 10.3. The maximum absolute atomic E-state index is 2.36. The summed E-state index contributed by atoms with van der Waals surface area (Å²) in [5.74, 6) is 0. The number of benzene rings is 7. The van der Waals surface area contributed by atoms with Gasteiger partial charge in [-0.2, -0.15) is 0 Å². The van der Waals surface area contributed by atoms with E-state index in [-0.39, 0.29) is 0 Å². The van der Waals surface area contributed by atoms with Crippen molar-refractivity contribution in [1.29, 1.82) is 0 Å². The maximum atomic E-state index is 2.36. The molecule has 0 radical (unpaired) electrons. The van der Waals surface area contributed by atoms with Crippen LogP contribution >= 0.6 is 11.3 Å². The summed E-state index contributed by atoms with van der Waals surface area (Å²) in [5.41, 5.74) is 8.31. The molecule has 0 aliphatic heterocycles. The van der Waals surface area contributed by atoms with Crippen LogP contribution in [0.15, 0.2) is 164 Å². The highest BCUT2D eigenvalue weighted by Gasteiger charge is 2.15. The number of fused-ring (bicyclic) bond motifs is 4. The standard InChI is InChI=1S/C40H27NS/c1-2-16-32(17-3-1)41(34-23-24-38-37-20-6-7-22-39(37)42-40(38)27-34)33-18-9-14-30(26-33)29-13-8-15-31(25-29)36-21-10-12-28-11-4-5-19-35(28)36/h1-27H. The highest BCUT2D eigenvalue weighted by Crippen LogP contribution is 2.41. The molecule has 0 bridgehead atoms. The molecule has 198 valence electrons. The van der Waals surface area contributed by atoms with Crippen LogP contribution in [0.25, 0.3) is 53.2 Å². The van der Waals surface area contributed by atoms with Gasteiger partial charge in [0.25, 0.3) is 0 Å². The quantitative estimate of drug-likeness (QED) is 0.205. The van der Waals surface area contributed by atoms with Crippen molar-refractivity contribution in [3.8, 4) is 22.3 Å². The lowest BCUT2D eigenvalue weighted by atomic mass is 9.95. The topological polar surface area (TPSA) is 3.24 Å². The van der Waals surface area contributed by atoms with Crippen LogP contribution in [0.1, 0.15) is 0 Å². The summed E-state index contributed by atoms with van der Waals surface area (Å²) in [6.07, 6.45) is 0. The molecular weight excluding hydrogens is 527 g/mol. The van der Waals surface area contributed by atoms with E-state index >= 15 is 0 Å². The first-order valence-corrected chi connectivity index (χ1v) is 15.1. The molecule has 8 aromatic rings. The van der Waals surface area contributed by atoms with Gasteiger partial charge in [-0.05, 0) is 81.6 Å². The summed E-state index contributed by atoms with van der Waals surface area (Å²) in [6, 6.07) is 59.2. The number of rotatable bonds is 5. The summed E-state index contributed by atoms with van der Waals surface area (Å²) in [7, 11) is 0. The summed E-state index contributed by atoms with van der Waals surface area (Å²) in [5, 5.41) is 5.17. The fourth-order valence-corrected chi connectivity index (χ4v) is 7.19. The van der Waals surface area contributed by atoms with Crippen molar-refractivity contribution in [2.75, 3.05) is 4.90 Å². The molecule has 0 saturated carbocycles. The fraction of sp³-hybridized carbons (Fsp3) is 0. The zero-order valence-corrected chi connectivity index (χ0v) is 23.8. The number of para-hydroxylation sites is 1. The zero-order valence-electron chi connectivity index (χ0n) is 22.9. The van der Waals surface area contributed by atoms with Gasteiger partial charge in [0, 0.05) is 37.2 Å². The molecule has 42 heavy (non-hydrogen) atoms. The molecule has 1 aromatic heterocycles. The van der Waals surface area contributed by atoms with Gasteiger partial charge in [0.15, 0.2) is 0 Å². The van der Waals surface area contributed by atoms with E-state index in [4.69, 9.17) is 0 Å². The first kappa shape index (κ1) is 24.6. The molecule has 0 atom stereocenters. The second-order valence-electron chi connectivity index (χ2n) is 10.6. The molecule has 0 N–H and O–H groups in total. The number of anilines is 3. The molecule has 0 saturated heterocycles. The average Bonchev–Trinajstić information content (AvgIpc) is 3.43. The monoisotopic (exact) mass is 553 g/mol. The van der Waals surface area contributed by atoms with Crippen LogP contribution < -0.4 is 4.90 Å². The third-order valence-electron chi connectivity index (χ3n) is 8.04. The van der Waals surface area contributed by atoms with E-state index < -0.39 is 0 Å². The van der Waals surface area contributed by atoms with Crippen molar-refractivity contribution in [3.05, 3.63) is 164 Å². The molecular formula is C40H27NS. The third kappa shape index (κ3) is 4.34. The zero-order chi connectivity index (χ0) is 27.9. The minimum atomic E-state index is 1.13. The van der Waals surface area contributed by atoms with Gasteiger partial charge in [0.05, 0.1) is 0 Å². The normalized spacial score (nSPS) is 11.3. The van der Waals surface area contributed by atoms with Crippen molar-refractivity contribution >= 4 is 59.3 Å². The van der Waals surface area contributed by atoms with E-state index in [1.807, 2.05) is 11.3 Å². The van der Waals surface area contributed by atoms with Gasteiger partial charge < -0.3 is 4.90 Å². The molecule has 0 unspecified atom stereocenters. The predicted molar refractivity (Wildman–Crippen MR) is 182 cm³/mol. The van der Waals surface area contributed by atoms with Gasteiger partial charge in [-0.3, -0.25) is 0 Å². The van der Waals surface area contributed by atoms with Crippen LogP contribution in [0.5, 0.6) is 0 Å². The molecule has 0 aliphatic carbocycles. The molecule has 0 amide bonds. The first-order chi connectivity index (χ1) is 20.8. The Hall–Kier alpha value is -5.18. The lowest BCUT2D eigenvalue weighted by Gasteiger charge is -2.26. The van der Waals surface area contributed by atoms with Crippen molar-refractivity contribution in [2.45, 2.75) is 0 Å². The number of thiophene rings is 1. The molecule has 1 nitrogen and oxygen atoms in total. The third-order valence-corrected chi connectivity index (χ3v) is 9.17. The summed E-state index contributed by atoms with van der Waals surface area (Å²) < 4.78 is 2.62. The van der Waals surface area contributed by atoms with E-state index in [9.17, 15) is 0 Å². The Morgan fingerprint density at radius 1 is 0.357 bits per heavy atom. The van der Waals surface area contributed by atoms with Crippen molar-refractivity contribution in [2.24, 2.45) is 0 Å². The van der Waals surface area contributed by atoms with Crippen LogP contribution in [0, 0.1) is 0 Å².